The van der Waals surface area contributed by atoms with Gasteiger partial charge in [0.25, 0.3) is 0 Å². The second-order valence-corrected chi connectivity index (χ2v) is 9.26. The molecule has 4 aliphatic heterocycles. The molecule has 4 heterocycles. The Morgan fingerprint density at radius 3 is 2.93 bits per heavy atom. The van der Waals surface area contributed by atoms with E-state index in [1.807, 2.05) is 18.3 Å². The number of fused-ring (bicyclic) bond motifs is 3. The summed E-state index contributed by atoms with van der Waals surface area (Å²) < 4.78 is 21.3. The van der Waals surface area contributed by atoms with E-state index in [1.165, 1.54) is 17.2 Å². The van der Waals surface area contributed by atoms with Crippen LogP contribution in [0.5, 0.6) is 0 Å². The van der Waals surface area contributed by atoms with E-state index in [1.54, 1.807) is 12.1 Å². The molecular weight excluding hydrogens is 445 g/mol. The van der Waals surface area contributed by atoms with Gasteiger partial charge in [-0.2, -0.15) is 0 Å². The smallest absolute Gasteiger partial charge is 0.123 e. The Bertz CT molecular complexity index is 1020. The van der Waals surface area contributed by atoms with E-state index in [-0.39, 0.29) is 23.4 Å². The Balaban J connectivity index is 1.39. The van der Waals surface area contributed by atoms with Gasteiger partial charge in [-0.1, -0.05) is 40.7 Å². The zero-order valence-corrected chi connectivity index (χ0v) is 18.6. The number of piperidine rings is 1. The van der Waals surface area contributed by atoms with Gasteiger partial charge >= 0.3 is 0 Å². The summed E-state index contributed by atoms with van der Waals surface area (Å²) in [5, 5.41) is 3.53. The van der Waals surface area contributed by atoms with Crippen molar-refractivity contribution in [2.24, 2.45) is 4.99 Å². The summed E-state index contributed by atoms with van der Waals surface area (Å²) in [6.07, 6.45) is 9.61. The second-order valence-electron chi connectivity index (χ2n) is 8.35. The van der Waals surface area contributed by atoms with Gasteiger partial charge in [0.2, 0.25) is 0 Å². The van der Waals surface area contributed by atoms with Gasteiger partial charge in [-0.25, -0.2) is 9.38 Å². The number of nitrogens with one attached hydrogen (secondary N) is 1. The van der Waals surface area contributed by atoms with E-state index < -0.39 is 0 Å². The normalized spacial score (nSPS) is 27.1. The topological polar surface area (TPSA) is 36.9 Å². The number of likely N-dealkylation sites (tertiary alicyclic amines) is 1. The van der Waals surface area contributed by atoms with Crippen molar-refractivity contribution in [2.75, 3.05) is 25.0 Å². The molecule has 0 aliphatic carbocycles. The van der Waals surface area contributed by atoms with Crippen LogP contribution in [0.2, 0.25) is 0 Å². The number of anilines is 1. The van der Waals surface area contributed by atoms with E-state index in [0.717, 1.165) is 47.5 Å². The van der Waals surface area contributed by atoms with Crippen molar-refractivity contribution >= 4 is 27.5 Å². The van der Waals surface area contributed by atoms with Gasteiger partial charge in [0.05, 0.1) is 24.2 Å². The molecule has 1 spiro atoms. The highest BCUT2D eigenvalue weighted by atomic mass is 79.9. The molecule has 1 fully saturated rings. The molecular formula is C24H25BrFN3O. The Kier molecular flexibility index (Phi) is 4.94. The molecule has 156 valence electrons. The fourth-order valence-corrected chi connectivity index (χ4v) is 5.62. The van der Waals surface area contributed by atoms with Gasteiger partial charge in [0, 0.05) is 29.5 Å². The highest BCUT2D eigenvalue weighted by molar-refractivity contribution is 9.11. The van der Waals surface area contributed by atoms with Crippen LogP contribution in [-0.4, -0.2) is 42.1 Å². The third kappa shape index (κ3) is 3.08. The molecule has 2 unspecified atom stereocenters. The quantitative estimate of drug-likeness (QED) is 0.598. The Morgan fingerprint density at radius 1 is 1.37 bits per heavy atom. The van der Waals surface area contributed by atoms with Crippen molar-refractivity contribution in [1.29, 1.82) is 0 Å². The molecule has 30 heavy (non-hydrogen) atoms. The Labute approximate surface area is 185 Å². The van der Waals surface area contributed by atoms with E-state index in [4.69, 9.17) is 9.73 Å². The number of benzene rings is 1. The van der Waals surface area contributed by atoms with Crippen LogP contribution >= 0.6 is 15.9 Å². The highest BCUT2D eigenvalue weighted by Crippen LogP contribution is 2.46. The number of hydrogen-bond acceptors (Lipinski definition) is 4. The van der Waals surface area contributed by atoms with Gasteiger partial charge in [-0.05, 0) is 54.7 Å². The van der Waals surface area contributed by atoms with E-state index in [2.05, 4.69) is 45.7 Å². The lowest BCUT2D eigenvalue weighted by atomic mass is 9.83. The number of hydrogen-bond donors (Lipinski definition) is 1. The Hall–Kier alpha value is -2.18. The number of nitrogens with zero attached hydrogens (tertiary/aromatic N) is 2. The molecule has 0 aromatic heterocycles. The van der Waals surface area contributed by atoms with E-state index >= 15 is 0 Å². The van der Waals surface area contributed by atoms with Gasteiger partial charge < -0.3 is 15.0 Å². The van der Waals surface area contributed by atoms with Gasteiger partial charge in [-0.3, -0.25) is 0 Å². The summed E-state index contributed by atoms with van der Waals surface area (Å²) in [5.41, 5.74) is 4.38. The minimum atomic E-state index is -0.209. The maximum absolute atomic E-state index is 14.0. The molecule has 1 aromatic carbocycles. The molecule has 0 radical (unpaired) electrons. The van der Waals surface area contributed by atoms with Gasteiger partial charge in [0.1, 0.15) is 11.7 Å². The summed E-state index contributed by atoms with van der Waals surface area (Å²) in [5.74, 6) is 0.816. The monoisotopic (exact) mass is 469 g/mol. The molecule has 5 rings (SSSR count). The Morgan fingerprint density at radius 2 is 2.17 bits per heavy atom. The van der Waals surface area contributed by atoms with Crippen molar-refractivity contribution in [2.45, 2.75) is 37.3 Å². The second kappa shape index (κ2) is 7.50. The molecule has 0 bridgehead atoms. The molecule has 1 N–H and O–H groups in total. The van der Waals surface area contributed by atoms with E-state index in [9.17, 15) is 4.39 Å². The fraction of sp³-hybridized carbons (Fsp3) is 0.375. The standard InChI is InChI=1S/C24H25BrFN3O/c1-3-4-5-16-14-30-24(15(16)2)8-10-29(11-9-24)23-21-18-12-17(26)6-7-20(18)28-22(21)19(25)13-27-23/h3-7,12-13,21-22,28H,1,8-11,14H2,2H3/b5-4-. The number of rotatable bonds is 2. The minimum absolute atomic E-state index is 0.0105. The van der Waals surface area contributed by atoms with Crippen molar-refractivity contribution in [3.8, 4) is 0 Å². The summed E-state index contributed by atoms with van der Waals surface area (Å²) in [6, 6.07) is 5.04. The van der Waals surface area contributed by atoms with Crippen LogP contribution in [0, 0.1) is 5.82 Å². The molecule has 1 saturated heterocycles. The van der Waals surface area contributed by atoms with Crippen molar-refractivity contribution in [3.63, 3.8) is 0 Å². The highest BCUT2D eigenvalue weighted by Gasteiger charge is 2.46. The summed E-state index contributed by atoms with van der Waals surface area (Å²) in [6.45, 7) is 8.35. The van der Waals surface area contributed by atoms with Crippen LogP contribution in [0.1, 0.15) is 31.2 Å². The van der Waals surface area contributed by atoms with Crippen LogP contribution in [0.25, 0.3) is 0 Å². The van der Waals surface area contributed by atoms with Crippen LogP contribution in [0.4, 0.5) is 10.1 Å². The SMILES string of the molecule is C=C/C=C\C1=C(C)C2(CCN(C3=NC=C(Br)C4Nc5ccc(F)cc5C34)CC2)OC1. The fourth-order valence-electron chi connectivity index (χ4n) is 5.13. The molecule has 1 aromatic rings. The number of amidine groups is 1. The first kappa shape index (κ1) is 19.8. The van der Waals surface area contributed by atoms with E-state index in [0.29, 0.717) is 6.61 Å². The molecule has 4 aliphatic rings. The van der Waals surface area contributed by atoms with Crippen LogP contribution in [0.3, 0.4) is 0 Å². The first-order valence-corrected chi connectivity index (χ1v) is 11.2. The maximum atomic E-state index is 14.0. The molecule has 0 amide bonds. The van der Waals surface area contributed by atoms with Crippen LogP contribution < -0.4 is 5.32 Å². The van der Waals surface area contributed by atoms with Crippen LogP contribution in [-0.2, 0) is 4.74 Å². The van der Waals surface area contributed by atoms with Crippen molar-refractivity contribution in [3.05, 3.63) is 76.2 Å². The van der Waals surface area contributed by atoms with Crippen molar-refractivity contribution < 1.29 is 9.13 Å². The average Bonchev–Trinajstić information content (AvgIpc) is 3.27. The van der Waals surface area contributed by atoms with Crippen LogP contribution in [0.15, 0.2) is 69.8 Å². The van der Waals surface area contributed by atoms with Gasteiger partial charge in [0.15, 0.2) is 0 Å². The number of aliphatic imine (C=N–C) groups is 1. The number of allylic oxidation sites excluding steroid dienone is 2. The lowest BCUT2D eigenvalue weighted by Crippen LogP contribution is -2.50. The van der Waals surface area contributed by atoms with Crippen molar-refractivity contribution in [1.82, 2.24) is 4.90 Å². The first-order chi connectivity index (χ1) is 14.5. The lowest BCUT2D eigenvalue weighted by Gasteiger charge is -2.43. The third-order valence-electron chi connectivity index (χ3n) is 6.89. The molecule has 4 nitrogen and oxygen atoms in total. The average molecular weight is 470 g/mol. The summed E-state index contributed by atoms with van der Waals surface area (Å²) in [4.78, 5) is 7.15. The summed E-state index contributed by atoms with van der Waals surface area (Å²) >= 11 is 3.65. The minimum Gasteiger partial charge on any atom is -0.376 e. The predicted octanol–water partition coefficient (Wildman–Crippen LogP) is 5.28. The number of halogens is 2. The zero-order valence-electron chi connectivity index (χ0n) is 17.0. The molecule has 6 heteroatoms. The maximum Gasteiger partial charge on any atom is 0.123 e. The molecule has 2 atom stereocenters. The first-order valence-electron chi connectivity index (χ1n) is 10.4. The number of ether oxygens (including phenoxy) is 1. The lowest BCUT2D eigenvalue weighted by molar-refractivity contribution is -0.0200. The third-order valence-corrected chi connectivity index (χ3v) is 7.58. The summed E-state index contributed by atoms with van der Waals surface area (Å²) in [7, 11) is 0. The predicted molar refractivity (Wildman–Crippen MR) is 123 cm³/mol. The largest absolute Gasteiger partial charge is 0.376 e. The molecule has 0 saturated carbocycles. The zero-order chi connectivity index (χ0) is 20.9. The van der Waals surface area contributed by atoms with Gasteiger partial charge in [-0.15, -0.1) is 0 Å².